The van der Waals surface area contributed by atoms with E-state index in [1.165, 1.54) is 6.08 Å². The lowest BCUT2D eigenvalue weighted by Crippen LogP contribution is -2.06. The Labute approximate surface area is 110 Å². The second-order valence-corrected chi connectivity index (χ2v) is 4.12. The summed E-state index contributed by atoms with van der Waals surface area (Å²) >= 11 is 3.37. The van der Waals surface area contributed by atoms with Gasteiger partial charge >= 0.3 is 5.97 Å². The zero-order valence-electron chi connectivity index (χ0n) is 9.69. The van der Waals surface area contributed by atoms with Crippen LogP contribution in [0.1, 0.15) is 5.56 Å². The van der Waals surface area contributed by atoms with E-state index < -0.39 is 0 Å². The highest BCUT2D eigenvalue weighted by molar-refractivity contribution is 9.09. The molecule has 4 heteroatoms. The van der Waals surface area contributed by atoms with E-state index in [0.717, 1.165) is 17.3 Å². The molecule has 0 aliphatic heterocycles. The number of hydrogen-bond donors (Lipinski definition) is 0. The number of ether oxygens (including phenoxy) is 2. The molecule has 0 N–H and O–H groups in total. The van der Waals surface area contributed by atoms with E-state index in [-0.39, 0.29) is 5.97 Å². The van der Waals surface area contributed by atoms with Crippen molar-refractivity contribution in [3.8, 4) is 5.75 Å². The Hall–Kier alpha value is -1.13. The quantitative estimate of drug-likeness (QED) is 0.351. The van der Waals surface area contributed by atoms with E-state index in [4.69, 9.17) is 9.47 Å². The van der Waals surface area contributed by atoms with Gasteiger partial charge in [-0.05, 0) is 18.1 Å². The number of alkyl halides is 1. The molecule has 1 aromatic carbocycles. The van der Waals surface area contributed by atoms with E-state index in [0.29, 0.717) is 12.4 Å². The van der Waals surface area contributed by atoms with Gasteiger partial charge < -0.3 is 9.47 Å². The van der Waals surface area contributed by atoms with Crippen LogP contribution in [0.2, 0.25) is 0 Å². The van der Waals surface area contributed by atoms with Crippen LogP contribution in [0.3, 0.4) is 0 Å². The van der Waals surface area contributed by atoms with Gasteiger partial charge in [0.15, 0.2) is 0 Å². The number of benzene rings is 1. The number of esters is 1. The monoisotopic (exact) mass is 298 g/mol. The molecule has 1 rings (SSSR count). The van der Waals surface area contributed by atoms with Crippen LogP contribution in [0.5, 0.6) is 5.75 Å². The Bertz CT molecular complexity index is 388. The van der Waals surface area contributed by atoms with Crippen LogP contribution in [-0.4, -0.2) is 25.0 Å². The second kappa shape index (κ2) is 8.03. The average Bonchev–Trinajstić information content (AvgIpc) is 2.32. The van der Waals surface area contributed by atoms with Gasteiger partial charge in [0, 0.05) is 18.5 Å². The van der Waals surface area contributed by atoms with Crippen molar-refractivity contribution in [2.24, 2.45) is 0 Å². The summed E-state index contributed by atoms with van der Waals surface area (Å²) in [6.07, 6.45) is 3.81. The molecular formula is C13H15BrO3. The number of rotatable bonds is 6. The highest BCUT2D eigenvalue weighted by atomic mass is 79.9. The molecule has 0 unspecified atom stereocenters. The Morgan fingerprint density at radius 3 is 2.88 bits per heavy atom. The zero-order valence-corrected chi connectivity index (χ0v) is 11.3. The van der Waals surface area contributed by atoms with Gasteiger partial charge in [-0.15, -0.1) is 0 Å². The van der Waals surface area contributed by atoms with Gasteiger partial charge in [-0.1, -0.05) is 40.2 Å². The van der Waals surface area contributed by atoms with Crippen LogP contribution in [0, 0.1) is 0 Å². The van der Waals surface area contributed by atoms with Gasteiger partial charge in [0.1, 0.15) is 5.75 Å². The molecule has 0 radical (unpaired) electrons. The van der Waals surface area contributed by atoms with Crippen molar-refractivity contribution in [1.29, 1.82) is 0 Å². The molecule has 0 aliphatic rings. The Morgan fingerprint density at radius 1 is 1.41 bits per heavy atom. The Kier molecular flexibility index (Phi) is 6.58. The fourth-order valence-corrected chi connectivity index (χ4v) is 1.72. The van der Waals surface area contributed by atoms with E-state index in [1.54, 1.807) is 19.3 Å². The number of methoxy groups -OCH3 is 1. The first-order chi connectivity index (χ1) is 8.27. The molecule has 0 atom stereocenters. The number of halogens is 1. The summed E-state index contributed by atoms with van der Waals surface area (Å²) in [5.41, 5.74) is 1.01. The van der Waals surface area contributed by atoms with Crippen molar-refractivity contribution in [3.05, 3.63) is 42.0 Å². The van der Waals surface area contributed by atoms with Crippen molar-refractivity contribution in [3.63, 3.8) is 0 Å². The molecule has 0 saturated carbocycles. The number of carbonyl (C=O) groups is 1. The van der Waals surface area contributed by atoms with Gasteiger partial charge in [-0.2, -0.15) is 0 Å². The first-order valence-electron chi connectivity index (χ1n) is 5.29. The molecule has 0 aromatic heterocycles. The maximum atomic E-state index is 11.5. The number of aryl methyl sites for hydroxylation is 1. The molecule has 0 amide bonds. The summed E-state index contributed by atoms with van der Waals surface area (Å²) in [6.45, 7) is 0.401. The van der Waals surface area contributed by atoms with Crippen LogP contribution >= 0.6 is 15.9 Å². The molecule has 0 fully saturated rings. The van der Waals surface area contributed by atoms with Crippen molar-refractivity contribution < 1.29 is 14.3 Å². The van der Waals surface area contributed by atoms with Crippen molar-refractivity contribution in [2.75, 3.05) is 19.0 Å². The first kappa shape index (κ1) is 13.9. The molecule has 3 nitrogen and oxygen atoms in total. The predicted molar refractivity (Wildman–Crippen MR) is 70.6 cm³/mol. The fourth-order valence-electron chi connectivity index (χ4n) is 1.29. The zero-order chi connectivity index (χ0) is 12.5. The second-order valence-electron chi connectivity index (χ2n) is 3.33. The summed E-state index contributed by atoms with van der Waals surface area (Å²) in [7, 11) is 1.57. The van der Waals surface area contributed by atoms with Crippen molar-refractivity contribution in [2.45, 2.75) is 6.42 Å². The van der Waals surface area contributed by atoms with Crippen molar-refractivity contribution >= 4 is 21.9 Å². The molecule has 17 heavy (non-hydrogen) atoms. The maximum absolute atomic E-state index is 11.5. The highest BCUT2D eigenvalue weighted by Crippen LogP contribution is 2.19. The van der Waals surface area contributed by atoms with E-state index in [2.05, 4.69) is 15.9 Å². The van der Waals surface area contributed by atoms with Gasteiger partial charge in [0.05, 0.1) is 6.61 Å². The summed E-state index contributed by atoms with van der Waals surface area (Å²) in [6, 6.07) is 7.51. The van der Waals surface area contributed by atoms with Crippen LogP contribution in [-0.2, 0) is 16.0 Å². The minimum absolute atomic E-state index is 0.385. The third kappa shape index (κ3) is 5.15. The average molecular weight is 299 g/mol. The summed E-state index contributed by atoms with van der Waals surface area (Å²) in [5.74, 6) is 0.225. The normalized spacial score (nSPS) is 10.7. The van der Waals surface area contributed by atoms with Crippen LogP contribution in [0.15, 0.2) is 36.4 Å². The van der Waals surface area contributed by atoms with Crippen LogP contribution in [0.25, 0.3) is 0 Å². The van der Waals surface area contributed by atoms with E-state index in [1.807, 2.05) is 18.2 Å². The Morgan fingerprint density at radius 2 is 2.18 bits per heavy atom. The molecule has 92 valence electrons. The lowest BCUT2D eigenvalue weighted by molar-refractivity contribution is -0.129. The topological polar surface area (TPSA) is 35.5 Å². The van der Waals surface area contributed by atoms with Crippen LogP contribution < -0.4 is 4.74 Å². The minimum Gasteiger partial charge on any atom is -0.423 e. The molecule has 0 heterocycles. The molecule has 0 bridgehead atoms. The molecule has 1 aromatic rings. The molecular weight excluding hydrogens is 284 g/mol. The summed E-state index contributed by atoms with van der Waals surface area (Å²) in [4.78, 5) is 11.5. The fraction of sp³-hybridized carbons (Fsp3) is 0.308. The van der Waals surface area contributed by atoms with Gasteiger partial charge in [0.25, 0.3) is 0 Å². The van der Waals surface area contributed by atoms with E-state index in [9.17, 15) is 4.79 Å². The smallest absolute Gasteiger partial charge is 0.335 e. The standard InChI is InChI=1S/C13H15BrO3/c1-16-10-4-7-13(15)17-12-6-3-2-5-11(12)8-9-14/h2-7H,8-10H2,1H3. The predicted octanol–water partition coefficient (Wildman–Crippen LogP) is 2.73. The third-order valence-corrected chi connectivity index (χ3v) is 2.46. The van der Waals surface area contributed by atoms with Gasteiger partial charge in [-0.3, -0.25) is 0 Å². The maximum Gasteiger partial charge on any atom is 0.335 e. The van der Waals surface area contributed by atoms with Crippen molar-refractivity contribution in [1.82, 2.24) is 0 Å². The number of hydrogen-bond acceptors (Lipinski definition) is 3. The largest absolute Gasteiger partial charge is 0.423 e. The molecule has 0 spiro atoms. The lowest BCUT2D eigenvalue weighted by Gasteiger charge is -2.07. The Balaban J connectivity index is 2.64. The molecule has 0 aliphatic carbocycles. The van der Waals surface area contributed by atoms with Gasteiger partial charge in [-0.25, -0.2) is 4.79 Å². The first-order valence-corrected chi connectivity index (χ1v) is 6.41. The highest BCUT2D eigenvalue weighted by Gasteiger charge is 2.05. The summed E-state index contributed by atoms with van der Waals surface area (Å²) in [5, 5.41) is 0.834. The number of carbonyl (C=O) groups excluding carboxylic acids is 1. The molecule has 0 saturated heterocycles. The van der Waals surface area contributed by atoms with Gasteiger partial charge in [0.2, 0.25) is 0 Å². The lowest BCUT2D eigenvalue weighted by atomic mass is 10.1. The summed E-state index contributed by atoms with van der Waals surface area (Å²) < 4.78 is 10.0. The SMILES string of the molecule is COCC=CC(=O)Oc1ccccc1CCBr. The van der Waals surface area contributed by atoms with E-state index >= 15 is 0 Å². The minimum atomic E-state index is -0.385. The van der Waals surface area contributed by atoms with Crippen LogP contribution in [0.4, 0.5) is 0 Å². The third-order valence-electron chi connectivity index (χ3n) is 2.06. The number of para-hydroxylation sites is 1.